The van der Waals surface area contributed by atoms with E-state index in [1.165, 1.54) is 0 Å². The highest BCUT2D eigenvalue weighted by atomic mass is 16.7. The van der Waals surface area contributed by atoms with E-state index in [1.807, 2.05) is 105 Å². The van der Waals surface area contributed by atoms with Crippen LogP contribution in [0.2, 0.25) is 0 Å². The zero-order valence-corrected chi connectivity index (χ0v) is 20.9. The molecule has 1 saturated heterocycles. The fourth-order valence-electron chi connectivity index (χ4n) is 4.20. The number of aliphatic hydroxyl groups is 1. The Morgan fingerprint density at radius 3 is 1.67 bits per heavy atom. The average molecular weight is 493 g/mol. The Morgan fingerprint density at radius 1 is 0.694 bits per heavy atom. The second-order valence-electron chi connectivity index (χ2n) is 9.24. The summed E-state index contributed by atoms with van der Waals surface area (Å²) in [5.41, 5.74) is 3.11. The SMILES string of the molecule is CC(C)O[C@H]1O[C@H](COCc2ccccc2)[C@@H](OCc2ccccc2)[C@H](OCc2ccccc2)[C@H]1O. The van der Waals surface area contributed by atoms with Crippen LogP contribution in [0.25, 0.3) is 0 Å². The van der Waals surface area contributed by atoms with Crippen LogP contribution in [-0.2, 0) is 43.5 Å². The largest absolute Gasteiger partial charge is 0.385 e. The Morgan fingerprint density at radius 2 is 1.17 bits per heavy atom. The Bertz CT molecular complexity index is 998. The van der Waals surface area contributed by atoms with Crippen LogP contribution in [0.1, 0.15) is 30.5 Å². The molecule has 1 aliphatic heterocycles. The van der Waals surface area contributed by atoms with Crippen molar-refractivity contribution < 1.29 is 28.8 Å². The predicted octanol–water partition coefficient (Wildman–Crippen LogP) is 4.88. The molecule has 0 saturated carbocycles. The van der Waals surface area contributed by atoms with Gasteiger partial charge >= 0.3 is 0 Å². The van der Waals surface area contributed by atoms with Gasteiger partial charge in [0.1, 0.15) is 24.4 Å². The first-order chi connectivity index (χ1) is 17.6. The summed E-state index contributed by atoms with van der Waals surface area (Å²) in [6.07, 6.45) is -3.74. The molecule has 1 fully saturated rings. The zero-order chi connectivity index (χ0) is 25.2. The van der Waals surface area contributed by atoms with Gasteiger partial charge in [0, 0.05) is 0 Å². The lowest BCUT2D eigenvalue weighted by atomic mass is 9.98. The van der Waals surface area contributed by atoms with Crippen molar-refractivity contribution in [1.82, 2.24) is 0 Å². The van der Waals surface area contributed by atoms with Gasteiger partial charge in [0.15, 0.2) is 6.29 Å². The van der Waals surface area contributed by atoms with Gasteiger partial charge in [-0.15, -0.1) is 0 Å². The lowest BCUT2D eigenvalue weighted by Crippen LogP contribution is -2.61. The van der Waals surface area contributed by atoms with Crippen molar-refractivity contribution in [3.63, 3.8) is 0 Å². The first-order valence-electron chi connectivity index (χ1n) is 12.5. The third-order valence-electron chi connectivity index (χ3n) is 5.99. The second-order valence-corrected chi connectivity index (χ2v) is 9.24. The van der Waals surface area contributed by atoms with Crippen LogP contribution in [0.3, 0.4) is 0 Å². The predicted molar refractivity (Wildman–Crippen MR) is 137 cm³/mol. The van der Waals surface area contributed by atoms with Gasteiger partial charge < -0.3 is 28.8 Å². The fourth-order valence-corrected chi connectivity index (χ4v) is 4.20. The summed E-state index contributed by atoms with van der Waals surface area (Å²) in [6.45, 7) is 5.23. The molecular formula is C30H36O6. The maximum atomic E-state index is 11.2. The lowest BCUT2D eigenvalue weighted by Gasteiger charge is -2.44. The number of hydrogen-bond donors (Lipinski definition) is 1. The third-order valence-corrected chi connectivity index (χ3v) is 5.99. The number of aliphatic hydroxyl groups excluding tert-OH is 1. The molecule has 1 aliphatic rings. The fraction of sp³-hybridized carbons (Fsp3) is 0.400. The lowest BCUT2D eigenvalue weighted by molar-refractivity contribution is -0.325. The molecule has 0 aromatic heterocycles. The monoisotopic (exact) mass is 492 g/mol. The summed E-state index contributed by atoms with van der Waals surface area (Å²) in [5, 5.41) is 11.2. The highest BCUT2D eigenvalue weighted by Gasteiger charge is 2.47. The van der Waals surface area contributed by atoms with Gasteiger partial charge in [-0.3, -0.25) is 0 Å². The number of ether oxygens (including phenoxy) is 5. The average Bonchev–Trinajstić information content (AvgIpc) is 2.90. The number of benzene rings is 3. The molecule has 0 bridgehead atoms. The second kappa shape index (κ2) is 13.7. The highest BCUT2D eigenvalue weighted by molar-refractivity contribution is 5.15. The molecule has 1 heterocycles. The molecule has 0 radical (unpaired) electrons. The first kappa shape index (κ1) is 26.5. The van der Waals surface area contributed by atoms with E-state index in [-0.39, 0.29) is 12.7 Å². The van der Waals surface area contributed by atoms with E-state index in [1.54, 1.807) is 0 Å². The molecule has 3 aromatic rings. The Hall–Kier alpha value is -2.58. The van der Waals surface area contributed by atoms with Gasteiger partial charge in [0.2, 0.25) is 0 Å². The molecule has 6 heteroatoms. The molecule has 5 atom stereocenters. The van der Waals surface area contributed by atoms with Crippen LogP contribution in [0.5, 0.6) is 0 Å². The van der Waals surface area contributed by atoms with E-state index in [9.17, 15) is 5.11 Å². The van der Waals surface area contributed by atoms with Crippen LogP contribution in [0.15, 0.2) is 91.0 Å². The molecule has 36 heavy (non-hydrogen) atoms. The molecule has 0 spiro atoms. The molecule has 1 N–H and O–H groups in total. The van der Waals surface area contributed by atoms with E-state index < -0.39 is 30.7 Å². The summed E-state index contributed by atoms with van der Waals surface area (Å²) in [5.74, 6) is 0. The number of rotatable bonds is 12. The van der Waals surface area contributed by atoms with Crippen molar-refractivity contribution in [2.45, 2.75) is 70.5 Å². The summed E-state index contributed by atoms with van der Waals surface area (Å²) < 4.78 is 30.9. The summed E-state index contributed by atoms with van der Waals surface area (Å²) in [4.78, 5) is 0. The van der Waals surface area contributed by atoms with Crippen molar-refractivity contribution >= 4 is 0 Å². The highest BCUT2D eigenvalue weighted by Crippen LogP contribution is 2.29. The van der Waals surface area contributed by atoms with Crippen molar-refractivity contribution in [2.24, 2.45) is 0 Å². The van der Waals surface area contributed by atoms with Gasteiger partial charge in [-0.25, -0.2) is 0 Å². The van der Waals surface area contributed by atoms with Crippen molar-refractivity contribution in [3.8, 4) is 0 Å². The maximum Gasteiger partial charge on any atom is 0.186 e. The van der Waals surface area contributed by atoms with Gasteiger partial charge in [0.05, 0.1) is 32.5 Å². The van der Waals surface area contributed by atoms with Gasteiger partial charge in [-0.05, 0) is 30.5 Å². The zero-order valence-electron chi connectivity index (χ0n) is 20.9. The van der Waals surface area contributed by atoms with Crippen molar-refractivity contribution in [1.29, 1.82) is 0 Å². The molecule has 3 aromatic carbocycles. The maximum absolute atomic E-state index is 11.2. The van der Waals surface area contributed by atoms with Gasteiger partial charge in [-0.1, -0.05) is 91.0 Å². The first-order valence-corrected chi connectivity index (χ1v) is 12.5. The van der Waals surface area contributed by atoms with E-state index in [4.69, 9.17) is 23.7 Å². The van der Waals surface area contributed by atoms with E-state index >= 15 is 0 Å². The van der Waals surface area contributed by atoms with Gasteiger partial charge in [-0.2, -0.15) is 0 Å². The summed E-state index contributed by atoms with van der Waals surface area (Å²) in [7, 11) is 0. The van der Waals surface area contributed by atoms with Crippen molar-refractivity contribution in [3.05, 3.63) is 108 Å². The Labute approximate surface area is 213 Å². The standard InChI is InChI=1S/C30H36O6/c1-22(2)35-30-27(31)29(34-20-25-16-10-5-11-17-25)28(33-19-24-14-8-4-9-15-24)26(36-30)21-32-18-23-12-6-3-7-13-23/h3-17,22,26-31H,18-21H2,1-2H3/t26-,27-,28-,29-,30+/m1/s1. The Kier molecular flexibility index (Phi) is 10.0. The van der Waals surface area contributed by atoms with Crippen LogP contribution in [0.4, 0.5) is 0 Å². The summed E-state index contributed by atoms with van der Waals surface area (Å²) in [6, 6.07) is 29.8. The smallest absolute Gasteiger partial charge is 0.186 e. The minimum atomic E-state index is -1.03. The van der Waals surface area contributed by atoms with Gasteiger partial charge in [0.25, 0.3) is 0 Å². The molecular weight excluding hydrogens is 456 g/mol. The van der Waals surface area contributed by atoms with E-state index in [0.29, 0.717) is 19.8 Å². The number of hydrogen-bond acceptors (Lipinski definition) is 6. The van der Waals surface area contributed by atoms with Crippen LogP contribution >= 0.6 is 0 Å². The third kappa shape index (κ3) is 7.71. The minimum Gasteiger partial charge on any atom is -0.385 e. The topological polar surface area (TPSA) is 66.4 Å². The van der Waals surface area contributed by atoms with Crippen LogP contribution in [0, 0.1) is 0 Å². The molecule has 0 aliphatic carbocycles. The molecule has 4 rings (SSSR count). The molecule has 0 amide bonds. The quantitative estimate of drug-likeness (QED) is 0.389. The molecule has 0 unspecified atom stereocenters. The summed E-state index contributed by atoms with van der Waals surface area (Å²) >= 11 is 0. The molecule has 192 valence electrons. The van der Waals surface area contributed by atoms with E-state index in [0.717, 1.165) is 16.7 Å². The van der Waals surface area contributed by atoms with Crippen LogP contribution < -0.4 is 0 Å². The van der Waals surface area contributed by atoms with Crippen LogP contribution in [-0.4, -0.2) is 48.5 Å². The van der Waals surface area contributed by atoms with Crippen molar-refractivity contribution in [2.75, 3.05) is 6.61 Å². The van der Waals surface area contributed by atoms with E-state index in [2.05, 4.69) is 0 Å². The Balaban J connectivity index is 1.52. The minimum absolute atomic E-state index is 0.132. The molecule has 6 nitrogen and oxygen atoms in total. The normalized spacial score (nSPS) is 24.2.